The molecule has 1 aromatic rings. The Kier molecular flexibility index (Phi) is 4.55. The van der Waals surface area contributed by atoms with Crippen molar-refractivity contribution in [3.63, 3.8) is 0 Å². The molecule has 0 spiro atoms. The smallest absolute Gasteiger partial charge is 0.0516 e. The Bertz CT molecular complexity index is 422. The Morgan fingerprint density at radius 1 is 1.15 bits per heavy atom. The number of hydrogen-bond acceptors (Lipinski definition) is 2. The van der Waals surface area contributed by atoms with Crippen molar-refractivity contribution in [3.8, 4) is 0 Å². The molecule has 0 saturated heterocycles. The lowest BCUT2D eigenvalue weighted by Crippen LogP contribution is -2.40. The minimum Gasteiger partial charge on any atom is -0.271 e. The third-order valence-corrected chi connectivity index (χ3v) is 5.19. The zero-order chi connectivity index (χ0) is 14.8. The second-order valence-corrected chi connectivity index (χ2v) is 7.39. The second-order valence-electron chi connectivity index (χ2n) is 7.39. The number of hydrogen-bond donors (Lipinski definition) is 2. The minimum absolute atomic E-state index is 0.208. The standard InChI is InChI=1S/C18H30N2/c1-5-18(12-6-7-13-18)16(20-19)14-8-10-15(11-9-14)17(2,3)4/h8-11,16,20H,5-7,12-13,19H2,1-4H3. The van der Waals surface area contributed by atoms with E-state index < -0.39 is 0 Å². The van der Waals surface area contributed by atoms with Crippen molar-refractivity contribution in [1.82, 2.24) is 5.43 Å². The van der Waals surface area contributed by atoms with Crippen molar-refractivity contribution < 1.29 is 0 Å². The highest BCUT2D eigenvalue weighted by atomic mass is 15.2. The molecule has 1 aliphatic carbocycles. The van der Waals surface area contributed by atoms with E-state index in [4.69, 9.17) is 5.84 Å². The molecule has 112 valence electrons. The van der Waals surface area contributed by atoms with Crippen LogP contribution in [0.1, 0.15) is 77.0 Å². The first-order valence-electron chi connectivity index (χ1n) is 7.99. The minimum atomic E-state index is 0.208. The van der Waals surface area contributed by atoms with Crippen molar-refractivity contribution >= 4 is 0 Å². The lowest BCUT2D eigenvalue weighted by Gasteiger charge is -2.37. The molecule has 2 nitrogen and oxygen atoms in total. The molecule has 0 heterocycles. The molecule has 1 aromatic carbocycles. The van der Waals surface area contributed by atoms with Gasteiger partial charge in [-0.1, -0.05) is 64.8 Å². The zero-order valence-corrected chi connectivity index (χ0v) is 13.5. The summed E-state index contributed by atoms with van der Waals surface area (Å²) >= 11 is 0. The summed E-state index contributed by atoms with van der Waals surface area (Å²) in [5, 5.41) is 0. The fourth-order valence-corrected chi connectivity index (χ4v) is 3.73. The molecule has 0 aromatic heterocycles. The van der Waals surface area contributed by atoms with E-state index in [-0.39, 0.29) is 11.5 Å². The largest absolute Gasteiger partial charge is 0.271 e. The molecule has 1 aliphatic rings. The van der Waals surface area contributed by atoms with Gasteiger partial charge in [0.1, 0.15) is 0 Å². The predicted molar refractivity (Wildman–Crippen MR) is 86.4 cm³/mol. The van der Waals surface area contributed by atoms with Crippen LogP contribution < -0.4 is 11.3 Å². The van der Waals surface area contributed by atoms with Crippen molar-refractivity contribution in [2.24, 2.45) is 11.3 Å². The van der Waals surface area contributed by atoms with Crippen LogP contribution in [0.4, 0.5) is 0 Å². The predicted octanol–water partition coefficient (Wildman–Crippen LogP) is 4.46. The number of benzene rings is 1. The Morgan fingerprint density at radius 3 is 2.10 bits per heavy atom. The Balaban J connectivity index is 2.28. The average molecular weight is 274 g/mol. The van der Waals surface area contributed by atoms with Gasteiger partial charge in [-0.05, 0) is 41.2 Å². The molecule has 2 rings (SSSR count). The average Bonchev–Trinajstić information content (AvgIpc) is 2.89. The summed E-state index contributed by atoms with van der Waals surface area (Å²) in [6.45, 7) is 9.07. The molecule has 0 bridgehead atoms. The molecule has 1 fully saturated rings. The lowest BCUT2D eigenvalue weighted by atomic mass is 9.73. The van der Waals surface area contributed by atoms with Gasteiger partial charge in [0, 0.05) is 0 Å². The first kappa shape index (κ1) is 15.5. The molecule has 0 aliphatic heterocycles. The first-order chi connectivity index (χ1) is 9.43. The molecular weight excluding hydrogens is 244 g/mol. The summed E-state index contributed by atoms with van der Waals surface area (Å²) in [4.78, 5) is 0. The van der Waals surface area contributed by atoms with Gasteiger partial charge in [-0.3, -0.25) is 11.3 Å². The van der Waals surface area contributed by atoms with Crippen LogP contribution in [0.2, 0.25) is 0 Å². The summed E-state index contributed by atoms with van der Waals surface area (Å²) in [5.41, 5.74) is 6.38. The molecule has 1 unspecified atom stereocenters. The second kappa shape index (κ2) is 5.87. The van der Waals surface area contributed by atoms with Gasteiger partial charge in [-0.15, -0.1) is 0 Å². The van der Waals surface area contributed by atoms with E-state index in [1.165, 1.54) is 43.2 Å². The van der Waals surface area contributed by atoms with Gasteiger partial charge < -0.3 is 0 Å². The van der Waals surface area contributed by atoms with Crippen molar-refractivity contribution in [2.45, 2.75) is 71.3 Å². The number of nitrogens with two attached hydrogens (primary N) is 1. The van der Waals surface area contributed by atoms with Crippen LogP contribution in [0, 0.1) is 5.41 Å². The highest BCUT2D eigenvalue weighted by Crippen LogP contribution is 2.49. The fourth-order valence-electron chi connectivity index (χ4n) is 3.73. The molecule has 0 radical (unpaired) electrons. The normalized spacial score (nSPS) is 20.1. The van der Waals surface area contributed by atoms with E-state index in [9.17, 15) is 0 Å². The van der Waals surface area contributed by atoms with E-state index in [0.29, 0.717) is 5.41 Å². The van der Waals surface area contributed by atoms with E-state index in [2.05, 4.69) is 57.4 Å². The van der Waals surface area contributed by atoms with Gasteiger partial charge in [-0.25, -0.2) is 0 Å². The highest BCUT2D eigenvalue weighted by molar-refractivity contribution is 5.30. The molecule has 0 amide bonds. The van der Waals surface area contributed by atoms with Crippen LogP contribution in [-0.2, 0) is 5.41 Å². The van der Waals surface area contributed by atoms with E-state index >= 15 is 0 Å². The van der Waals surface area contributed by atoms with Gasteiger partial charge in [0.15, 0.2) is 0 Å². The maximum atomic E-state index is 5.92. The fraction of sp³-hybridized carbons (Fsp3) is 0.667. The number of hydrazine groups is 1. The summed E-state index contributed by atoms with van der Waals surface area (Å²) in [5.74, 6) is 5.92. The van der Waals surface area contributed by atoms with Crippen molar-refractivity contribution in [2.75, 3.05) is 0 Å². The van der Waals surface area contributed by atoms with Crippen LogP contribution in [-0.4, -0.2) is 0 Å². The van der Waals surface area contributed by atoms with Gasteiger partial charge in [-0.2, -0.15) is 0 Å². The van der Waals surface area contributed by atoms with Crippen LogP contribution in [0.15, 0.2) is 24.3 Å². The first-order valence-corrected chi connectivity index (χ1v) is 7.99. The third kappa shape index (κ3) is 2.91. The van der Waals surface area contributed by atoms with Gasteiger partial charge in [0.05, 0.1) is 6.04 Å². The van der Waals surface area contributed by atoms with Gasteiger partial charge in [0.2, 0.25) is 0 Å². The molecule has 1 atom stereocenters. The Labute approximate surface area is 124 Å². The quantitative estimate of drug-likeness (QED) is 0.628. The Hall–Kier alpha value is -0.860. The van der Waals surface area contributed by atoms with E-state index in [1.54, 1.807) is 0 Å². The maximum Gasteiger partial charge on any atom is 0.0516 e. The van der Waals surface area contributed by atoms with Crippen LogP contribution in [0.25, 0.3) is 0 Å². The SMILES string of the molecule is CCC1(C(NN)c2ccc(C(C)(C)C)cc2)CCCC1. The van der Waals surface area contributed by atoms with E-state index in [0.717, 1.165) is 0 Å². The maximum absolute atomic E-state index is 5.92. The molecule has 2 heteroatoms. The topological polar surface area (TPSA) is 38.0 Å². The molecule has 1 saturated carbocycles. The summed E-state index contributed by atoms with van der Waals surface area (Å²) in [7, 11) is 0. The molecule has 20 heavy (non-hydrogen) atoms. The zero-order valence-electron chi connectivity index (χ0n) is 13.5. The Morgan fingerprint density at radius 2 is 1.70 bits per heavy atom. The van der Waals surface area contributed by atoms with E-state index in [1.807, 2.05) is 0 Å². The van der Waals surface area contributed by atoms with Gasteiger partial charge in [0.25, 0.3) is 0 Å². The monoisotopic (exact) mass is 274 g/mol. The molecular formula is C18H30N2. The summed E-state index contributed by atoms with van der Waals surface area (Å²) in [6, 6.07) is 9.33. The van der Waals surface area contributed by atoms with Crippen molar-refractivity contribution in [1.29, 1.82) is 0 Å². The summed E-state index contributed by atoms with van der Waals surface area (Å²) < 4.78 is 0. The number of rotatable bonds is 4. The third-order valence-electron chi connectivity index (χ3n) is 5.19. The van der Waals surface area contributed by atoms with Crippen LogP contribution >= 0.6 is 0 Å². The van der Waals surface area contributed by atoms with Crippen molar-refractivity contribution in [3.05, 3.63) is 35.4 Å². The number of nitrogens with one attached hydrogen (secondary N) is 1. The summed E-state index contributed by atoms with van der Waals surface area (Å²) in [6.07, 6.45) is 6.46. The van der Waals surface area contributed by atoms with Gasteiger partial charge >= 0.3 is 0 Å². The molecule has 3 N–H and O–H groups in total. The highest BCUT2D eigenvalue weighted by Gasteiger charge is 2.40. The lowest BCUT2D eigenvalue weighted by molar-refractivity contribution is 0.188. The van der Waals surface area contributed by atoms with Crippen LogP contribution in [0.3, 0.4) is 0 Å². The van der Waals surface area contributed by atoms with Crippen LogP contribution in [0.5, 0.6) is 0 Å².